The number of Topliss-reactive ketones (excluding diaryl/α,β-unsaturated/α-hetero) is 1. The Hall–Kier alpha value is -3.50. The molecule has 10 nitrogen and oxygen atoms in total. The van der Waals surface area contributed by atoms with Gasteiger partial charge in [-0.1, -0.05) is 44.2 Å². The highest BCUT2D eigenvalue weighted by Gasteiger charge is 2.30. The summed E-state index contributed by atoms with van der Waals surface area (Å²) in [7, 11) is 0. The number of hydrogen-bond donors (Lipinski definition) is 3. The van der Waals surface area contributed by atoms with Gasteiger partial charge in [0, 0.05) is 0 Å². The third-order valence-electron chi connectivity index (χ3n) is 4.70. The van der Waals surface area contributed by atoms with Crippen molar-refractivity contribution in [3.63, 3.8) is 0 Å². The van der Waals surface area contributed by atoms with Gasteiger partial charge in [0.05, 0.1) is 13.0 Å². The molecule has 0 aromatic heterocycles. The lowest BCUT2D eigenvalue weighted by molar-refractivity contribution is -0.145. The maximum absolute atomic E-state index is 12.8. The topological polar surface area (TPSA) is 140 Å². The average Bonchev–Trinajstić information content (AvgIpc) is 2.80. The third-order valence-corrected chi connectivity index (χ3v) is 4.70. The molecule has 0 heterocycles. The number of carbonyl (C=O) groups is 5. The lowest BCUT2D eigenvalue weighted by Crippen LogP contribution is -2.56. The number of hydrogen-bond acceptors (Lipinski definition) is 7. The molecule has 34 heavy (non-hydrogen) atoms. The van der Waals surface area contributed by atoms with Crippen LogP contribution in [0.15, 0.2) is 30.3 Å². The second kappa shape index (κ2) is 14.6. The fraction of sp³-hybridized carbons (Fsp3) is 0.522. The first-order chi connectivity index (χ1) is 16.1. The van der Waals surface area contributed by atoms with Crippen molar-refractivity contribution in [1.82, 2.24) is 16.0 Å². The van der Waals surface area contributed by atoms with E-state index in [1.807, 2.05) is 6.07 Å². The van der Waals surface area contributed by atoms with Crippen LogP contribution in [0.1, 0.15) is 39.7 Å². The van der Waals surface area contributed by atoms with E-state index in [4.69, 9.17) is 9.47 Å². The quantitative estimate of drug-likeness (QED) is 0.362. The summed E-state index contributed by atoms with van der Waals surface area (Å²) < 4.78 is 22.7. The van der Waals surface area contributed by atoms with Crippen LogP contribution >= 0.6 is 0 Å². The smallest absolute Gasteiger partial charge is 0.408 e. The number of amides is 3. The zero-order valence-corrected chi connectivity index (χ0v) is 19.8. The summed E-state index contributed by atoms with van der Waals surface area (Å²) in [6.07, 6.45) is -1.34. The lowest BCUT2D eigenvalue weighted by Gasteiger charge is -2.24. The van der Waals surface area contributed by atoms with Crippen LogP contribution in [0.5, 0.6) is 0 Å². The van der Waals surface area contributed by atoms with Crippen molar-refractivity contribution in [2.45, 2.75) is 58.8 Å². The van der Waals surface area contributed by atoms with Gasteiger partial charge >= 0.3 is 12.1 Å². The highest BCUT2D eigenvalue weighted by molar-refractivity contribution is 5.96. The summed E-state index contributed by atoms with van der Waals surface area (Å²) >= 11 is 0. The van der Waals surface area contributed by atoms with Gasteiger partial charge in [-0.05, 0) is 25.3 Å². The van der Waals surface area contributed by atoms with Crippen molar-refractivity contribution in [1.29, 1.82) is 0 Å². The number of benzene rings is 1. The maximum atomic E-state index is 12.8. The largest absolute Gasteiger partial charge is 0.466 e. The molecule has 0 fully saturated rings. The predicted octanol–water partition coefficient (Wildman–Crippen LogP) is 1.42. The van der Waals surface area contributed by atoms with Crippen molar-refractivity contribution in [3.05, 3.63) is 35.9 Å². The molecule has 188 valence electrons. The number of ketones is 1. The molecule has 0 aliphatic carbocycles. The molecule has 0 aliphatic heterocycles. The van der Waals surface area contributed by atoms with Crippen LogP contribution in [0.4, 0.5) is 9.18 Å². The van der Waals surface area contributed by atoms with Crippen LogP contribution in [0.25, 0.3) is 0 Å². The van der Waals surface area contributed by atoms with Crippen LogP contribution in [-0.4, -0.2) is 61.1 Å². The number of ether oxygens (including phenoxy) is 2. The molecular weight excluding hydrogens is 449 g/mol. The van der Waals surface area contributed by atoms with Gasteiger partial charge < -0.3 is 25.4 Å². The van der Waals surface area contributed by atoms with Crippen LogP contribution in [-0.2, 0) is 35.3 Å². The molecule has 3 amide bonds. The van der Waals surface area contributed by atoms with Gasteiger partial charge in [0.25, 0.3) is 0 Å². The van der Waals surface area contributed by atoms with E-state index in [0.717, 1.165) is 5.56 Å². The minimum absolute atomic E-state index is 0.0162. The number of esters is 1. The minimum Gasteiger partial charge on any atom is -0.466 e. The number of carbonyl (C=O) groups excluding carboxylic acids is 5. The first-order valence-corrected chi connectivity index (χ1v) is 10.9. The fourth-order valence-electron chi connectivity index (χ4n) is 2.82. The summed E-state index contributed by atoms with van der Waals surface area (Å²) in [6, 6.07) is 5.40. The average molecular weight is 482 g/mol. The Morgan fingerprint density at radius 3 is 2.12 bits per heavy atom. The van der Waals surface area contributed by atoms with E-state index < -0.39 is 60.9 Å². The zero-order valence-electron chi connectivity index (χ0n) is 19.8. The Balaban J connectivity index is 2.69. The molecular formula is C23H32FN3O7. The number of rotatable bonds is 13. The highest BCUT2D eigenvalue weighted by atomic mass is 19.1. The molecule has 0 spiro atoms. The van der Waals surface area contributed by atoms with Crippen molar-refractivity contribution in [2.24, 2.45) is 5.92 Å². The van der Waals surface area contributed by atoms with E-state index in [1.54, 1.807) is 45.0 Å². The van der Waals surface area contributed by atoms with Gasteiger partial charge in [0.2, 0.25) is 11.8 Å². The molecule has 1 rings (SSSR count). The number of alkyl carbamates (subject to hydrolysis) is 1. The summed E-state index contributed by atoms with van der Waals surface area (Å²) in [6.45, 7) is 5.00. The van der Waals surface area contributed by atoms with Crippen molar-refractivity contribution in [3.8, 4) is 0 Å². The summed E-state index contributed by atoms with van der Waals surface area (Å²) in [5.41, 5.74) is 0.772. The Labute approximate surface area is 197 Å². The van der Waals surface area contributed by atoms with Crippen LogP contribution in [0, 0.1) is 5.92 Å². The zero-order chi connectivity index (χ0) is 25.7. The molecule has 0 saturated carbocycles. The van der Waals surface area contributed by atoms with Gasteiger partial charge in [-0.3, -0.25) is 19.2 Å². The fourth-order valence-corrected chi connectivity index (χ4v) is 2.82. The summed E-state index contributed by atoms with van der Waals surface area (Å²) in [5.74, 6) is -3.58. The van der Waals surface area contributed by atoms with E-state index in [-0.39, 0.29) is 19.1 Å². The molecule has 0 bridgehead atoms. The van der Waals surface area contributed by atoms with Crippen molar-refractivity contribution < 1.29 is 37.8 Å². The van der Waals surface area contributed by atoms with Crippen molar-refractivity contribution >= 4 is 29.7 Å². The Bertz CT molecular complexity index is 848. The van der Waals surface area contributed by atoms with E-state index in [9.17, 15) is 28.4 Å². The SMILES string of the molecule is CCOC(=O)C[C@H](NC(=O)[C@H](C)NC(=O)[C@@H](NC(=O)OCc1ccccc1)C(C)C)C(=O)CF. The monoisotopic (exact) mass is 481 g/mol. The van der Waals surface area contributed by atoms with Crippen LogP contribution in [0.2, 0.25) is 0 Å². The Kier molecular flexibility index (Phi) is 12.3. The molecule has 0 aliphatic rings. The van der Waals surface area contributed by atoms with Gasteiger partial charge in [-0.15, -0.1) is 0 Å². The van der Waals surface area contributed by atoms with Gasteiger partial charge in [-0.25, -0.2) is 9.18 Å². The molecule has 0 saturated heterocycles. The molecule has 3 atom stereocenters. The van der Waals surface area contributed by atoms with Gasteiger partial charge in [0.1, 0.15) is 31.4 Å². The third kappa shape index (κ3) is 9.97. The Morgan fingerprint density at radius 2 is 1.56 bits per heavy atom. The number of nitrogens with one attached hydrogen (secondary N) is 3. The number of halogens is 1. The van der Waals surface area contributed by atoms with E-state index in [2.05, 4.69) is 16.0 Å². The van der Waals surface area contributed by atoms with Crippen LogP contribution in [0.3, 0.4) is 0 Å². The van der Waals surface area contributed by atoms with E-state index >= 15 is 0 Å². The molecule has 1 aromatic rings. The molecule has 11 heteroatoms. The summed E-state index contributed by atoms with van der Waals surface area (Å²) in [5, 5.41) is 7.16. The summed E-state index contributed by atoms with van der Waals surface area (Å²) in [4.78, 5) is 60.7. The second-order valence-corrected chi connectivity index (χ2v) is 7.83. The first-order valence-electron chi connectivity index (χ1n) is 10.9. The highest BCUT2D eigenvalue weighted by Crippen LogP contribution is 2.06. The van der Waals surface area contributed by atoms with Gasteiger partial charge in [-0.2, -0.15) is 0 Å². The molecule has 3 N–H and O–H groups in total. The lowest BCUT2D eigenvalue weighted by atomic mass is 10.0. The molecule has 0 unspecified atom stereocenters. The Morgan fingerprint density at radius 1 is 0.912 bits per heavy atom. The predicted molar refractivity (Wildman–Crippen MR) is 120 cm³/mol. The van der Waals surface area contributed by atoms with Gasteiger partial charge in [0.15, 0.2) is 5.78 Å². The van der Waals surface area contributed by atoms with Crippen molar-refractivity contribution in [2.75, 3.05) is 13.3 Å². The minimum atomic E-state index is -1.43. The standard InChI is InChI=1S/C23H32FN3O7/c1-5-33-19(29)11-17(18(28)12-24)26-21(30)15(4)25-22(31)20(14(2)3)27-23(32)34-13-16-9-7-6-8-10-16/h6-10,14-15,17,20H,5,11-13H2,1-4H3,(H,25,31)(H,26,30)(H,27,32)/t15-,17-,20-/m0/s1. The normalized spacial score (nSPS) is 13.2. The second-order valence-electron chi connectivity index (χ2n) is 7.83. The number of alkyl halides is 1. The van der Waals surface area contributed by atoms with Crippen LogP contribution < -0.4 is 16.0 Å². The molecule has 0 radical (unpaired) electrons. The van der Waals surface area contributed by atoms with E-state index in [0.29, 0.717) is 0 Å². The van der Waals surface area contributed by atoms with E-state index in [1.165, 1.54) is 6.92 Å². The maximum Gasteiger partial charge on any atom is 0.408 e. The molecule has 1 aromatic carbocycles. The first kappa shape index (κ1) is 28.5.